The minimum atomic E-state index is -0.356. The van der Waals surface area contributed by atoms with Crippen LogP contribution in [0.3, 0.4) is 0 Å². The molecule has 110 valence electrons. The molecule has 0 bridgehead atoms. The van der Waals surface area contributed by atoms with Crippen LogP contribution in [-0.4, -0.2) is 58.6 Å². The van der Waals surface area contributed by atoms with Gasteiger partial charge in [0.2, 0.25) is 5.91 Å². The Morgan fingerprint density at radius 1 is 1.26 bits per heavy atom. The maximum atomic E-state index is 12.4. The second-order valence-corrected chi connectivity index (χ2v) is 6.72. The predicted molar refractivity (Wildman–Crippen MR) is 75.9 cm³/mol. The first-order valence-electron chi connectivity index (χ1n) is 7.61. The van der Waals surface area contributed by atoms with Crippen molar-refractivity contribution in [2.24, 2.45) is 0 Å². The number of amides is 1. The van der Waals surface area contributed by atoms with Gasteiger partial charge in [0.05, 0.1) is 6.61 Å². The molecule has 1 unspecified atom stereocenters. The molecule has 1 aliphatic heterocycles. The number of carbonyl (C=O) groups is 1. The van der Waals surface area contributed by atoms with Gasteiger partial charge < -0.3 is 10.0 Å². The summed E-state index contributed by atoms with van der Waals surface area (Å²) in [7, 11) is 1.85. The summed E-state index contributed by atoms with van der Waals surface area (Å²) in [6.07, 6.45) is 7.11. The highest BCUT2D eigenvalue weighted by molar-refractivity contribution is 5.82. The van der Waals surface area contributed by atoms with Gasteiger partial charge in [-0.1, -0.05) is 19.3 Å². The molecule has 1 saturated heterocycles. The van der Waals surface area contributed by atoms with Gasteiger partial charge in [0.15, 0.2) is 0 Å². The Bertz CT molecular complexity index is 324. The molecule has 2 aliphatic rings. The van der Waals surface area contributed by atoms with E-state index in [2.05, 4.69) is 18.7 Å². The molecular formula is C15H28N2O2. The lowest BCUT2D eigenvalue weighted by atomic mass is 9.87. The fourth-order valence-corrected chi connectivity index (χ4v) is 3.75. The second-order valence-electron chi connectivity index (χ2n) is 6.72. The maximum Gasteiger partial charge on any atom is 0.242 e. The maximum absolute atomic E-state index is 12.4. The fourth-order valence-electron chi connectivity index (χ4n) is 3.75. The number of rotatable bonds is 2. The van der Waals surface area contributed by atoms with Gasteiger partial charge in [-0.15, -0.1) is 0 Å². The van der Waals surface area contributed by atoms with Crippen LogP contribution >= 0.6 is 0 Å². The van der Waals surface area contributed by atoms with E-state index >= 15 is 0 Å². The average molecular weight is 268 g/mol. The van der Waals surface area contributed by atoms with Gasteiger partial charge in [-0.2, -0.15) is 0 Å². The summed E-state index contributed by atoms with van der Waals surface area (Å²) in [5.74, 6) is 0.0821. The van der Waals surface area contributed by atoms with Crippen molar-refractivity contribution in [3.8, 4) is 0 Å². The van der Waals surface area contributed by atoms with E-state index < -0.39 is 0 Å². The molecule has 0 radical (unpaired) electrons. The largest absolute Gasteiger partial charge is 0.394 e. The van der Waals surface area contributed by atoms with Gasteiger partial charge in [-0.25, -0.2) is 0 Å². The van der Waals surface area contributed by atoms with Crippen molar-refractivity contribution in [1.29, 1.82) is 0 Å². The van der Waals surface area contributed by atoms with Gasteiger partial charge in [-0.3, -0.25) is 9.69 Å². The van der Waals surface area contributed by atoms with Crippen LogP contribution in [0.4, 0.5) is 0 Å². The van der Waals surface area contributed by atoms with Crippen molar-refractivity contribution < 1.29 is 9.90 Å². The Balaban J connectivity index is 2.28. The molecule has 2 rings (SSSR count). The summed E-state index contributed by atoms with van der Waals surface area (Å²) >= 11 is 0. The van der Waals surface area contributed by atoms with Crippen LogP contribution < -0.4 is 0 Å². The average Bonchev–Trinajstić information content (AvgIpc) is 2.49. The quantitative estimate of drug-likeness (QED) is 0.827. The molecule has 1 aliphatic carbocycles. The van der Waals surface area contributed by atoms with E-state index in [9.17, 15) is 9.90 Å². The minimum absolute atomic E-state index is 0.0180. The highest BCUT2D eigenvalue weighted by atomic mass is 16.3. The van der Waals surface area contributed by atoms with Crippen LogP contribution in [0.15, 0.2) is 0 Å². The topological polar surface area (TPSA) is 43.8 Å². The van der Waals surface area contributed by atoms with E-state index in [1.54, 1.807) is 4.90 Å². The third kappa shape index (κ3) is 2.95. The first-order valence-corrected chi connectivity index (χ1v) is 7.61. The van der Waals surface area contributed by atoms with Crippen molar-refractivity contribution in [2.75, 3.05) is 20.2 Å². The smallest absolute Gasteiger partial charge is 0.242 e. The molecule has 4 heteroatoms. The lowest BCUT2D eigenvalue weighted by molar-refractivity contribution is -0.139. The number of aliphatic hydroxyl groups is 1. The number of hydrogen-bond donors (Lipinski definition) is 1. The van der Waals surface area contributed by atoms with Crippen LogP contribution in [-0.2, 0) is 4.79 Å². The zero-order chi connectivity index (χ0) is 14.0. The molecule has 19 heavy (non-hydrogen) atoms. The van der Waals surface area contributed by atoms with Gasteiger partial charge in [0.25, 0.3) is 0 Å². The van der Waals surface area contributed by atoms with Gasteiger partial charge in [0.1, 0.15) is 6.04 Å². The molecule has 0 aromatic carbocycles. The van der Waals surface area contributed by atoms with Gasteiger partial charge in [-0.05, 0) is 33.1 Å². The van der Waals surface area contributed by atoms with Gasteiger partial charge >= 0.3 is 0 Å². The van der Waals surface area contributed by atoms with Crippen molar-refractivity contribution in [3.63, 3.8) is 0 Å². The lowest BCUT2D eigenvalue weighted by Crippen LogP contribution is -2.59. The lowest BCUT2D eigenvalue weighted by Gasteiger charge is -2.47. The number of carbonyl (C=O) groups excluding carboxylic acids is 1. The van der Waals surface area contributed by atoms with Crippen molar-refractivity contribution in [3.05, 3.63) is 0 Å². The predicted octanol–water partition coefficient (Wildman–Crippen LogP) is 1.62. The molecule has 1 atom stereocenters. The Hall–Kier alpha value is -0.610. The molecule has 4 nitrogen and oxygen atoms in total. The Labute approximate surface area is 116 Å². The number of nitrogens with zero attached hydrogens (tertiary/aromatic N) is 2. The first-order chi connectivity index (χ1) is 8.97. The Kier molecular flexibility index (Phi) is 4.51. The molecule has 1 saturated carbocycles. The molecule has 1 N–H and O–H groups in total. The van der Waals surface area contributed by atoms with Crippen molar-refractivity contribution in [2.45, 2.75) is 70.0 Å². The molecule has 0 aromatic heterocycles. The van der Waals surface area contributed by atoms with E-state index in [0.717, 1.165) is 25.8 Å². The van der Waals surface area contributed by atoms with Crippen LogP contribution in [0.1, 0.15) is 52.4 Å². The van der Waals surface area contributed by atoms with E-state index in [0.29, 0.717) is 6.04 Å². The fraction of sp³-hybridized carbons (Fsp3) is 0.933. The SMILES string of the molecule is CN1CCC(C)(C)N(C2CCCCC2)C(CO)C1=O. The summed E-state index contributed by atoms with van der Waals surface area (Å²) in [5, 5.41) is 9.75. The number of aliphatic hydroxyl groups excluding tert-OH is 1. The Morgan fingerprint density at radius 3 is 2.47 bits per heavy atom. The van der Waals surface area contributed by atoms with E-state index in [4.69, 9.17) is 0 Å². The summed E-state index contributed by atoms with van der Waals surface area (Å²) in [6, 6.07) is 0.0990. The zero-order valence-corrected chi connectivity index (χ0v) is 12.6. The van der Waals surface area contributed by atoms with Crippen LogP contribution in [0, 0.1) is 0 Å². The van der Waals surface area contributed by atoms with Crippen LogP contribution in [0.2, 0.25) is 0 Å². The zero-order valence-electron chi connectivity index (χ0n) is 12.6. The third-order valence-electron chi connectivity index (χ3n) is 4.90. The molecule has 1 amide bonds. The molecule has 1 heterocycles. The minimum Gasteiger partial charge on any atom is -0.394 e. The monoisotopic (exact) mass is 268 g/mol. The van der Waals surface area contributed by atoms with Crippen molar-refractivity contribution >= 4 is 5.91 Å². The molecular weight excluding hydrogens is 240 g/mol. The summed E-state index contributed by atoms with van der Waals surface area (Å²) in [6.45, 7) is 5.15. The second kappa shape index (κ2) is 5.80. The highest BCUT2D eigenvalue weighted by Gasteiger charge is 2.44. The highest BCUT2D eigenvalue weighted by Crippen LogP contribution is 2.34. The normalized spacial score (nSPS) is 30.4. The first kappa shape index (κ1) is 14.8. The van der Waals surface area contributed by atoms with E-state index in [1.807, 2.05) is 7.05 Å². The third-order valence-corrected chi connectivity index (χ3v) is 4.90. The molecule has 0 spiro atoms. The summed E-state index contributed by atoms with van der Waals surface area (Å²) in [4.78, 5) is 16.6. The van der Waals surface area contributed by atoms with E-state index in [-0.39, 0.29) is 24.1 Å². The number of hydrogen-bond acceptors (Lipinski definition) is 3. The number of likely N-dealkylation sites (N-methyl/N-ethyl adjacent to an activating group) is 1. The molecule has 2 fully saturated rings. The summed E-state index contributed by atoms with van der Waals surface area (Å²) < 4.78 is 0. The standard InChI is InChI=1S/C15H28N2O2/c1-15(2)9-10-16(3)14(19)13(11-18)17(15)12-7-5-4-6-8-12/h12-13,18H,4-11H2,1-3H3. The van der Waals surface area contributed by atoms with Crippen molar-refractivity contribution in [1.82, 2.24) is 9.80 Å². The van der Waals surface area contributed by atoms with Crippen LogP contribution in [0.25, 0.3) is 0 Å². The van der Waals surface area contributed by atoms with Gasteiger partial charge in [0, 0.05) is 25.2 Å². The van der Waals surface area contributed by atoms with Crippen LogP contribution in [0.5, 0.6) is 0 Å². The van der Waals surface area contributed by atoms with E-state index in [1.165, 1.54) is 19.3 Å². The Morgan fingerprint density at radius 2 is 1.89 bits per heavy atom. The summed E-state index contributed by atoms with van der Waals surface area (Å²) in [5.41, 5.74) is -0.0180. The molecule has 0 aromatic rings.